The van der Waals surface area contributed by atoms with E-state index in [1.165, 1.54) is 0 Å². The first-order valence-corrected chi connectivity index (χ1v) is 8.93. The van der Waals surface area contributed by atoms with Crippen molar-refractivity contribution in [2.24, 2.45) is 0 Å². The molecule has 0 aromatic heterocycles. The van der Waals surface area contributed by atoms with Crippen LogP contribution in [0.1, 0.15) is 44.6 Å². The molecule has 1 aromatic carbocycles. The van der Waals surface area contributed by atoms with E-state index >= 15 is 0 Å². The summed E-state index contributed by atoms with van der Waals surface area (Å²) in [6.07, 6.45) is 1.05. The number of carbonyl (C=O) groups is 2. The largest absolute Gasteiger partial charge is 0.388 e. The van der Waals surface area contributed by atoms with Crippen LogP contribution >= 0.6 is 0 Å². The number of ketones is 1. The van der Waals surface area contributed by atoms with Gasteiger partial charge in [0.05, 0.1) is 12.0 Å². The standard InChI is InChI=1S/C20H25NO4/c1-2-20(25)10-11-21(13-18(20)23)19(24)12-16-15(8-9-17(16)22)14-6-4-3-5-7-14/h3-7,18,23,25H,2,8-13H2,1H3/t18-,20-/m1/s1. The summed E-state index contributed by atoms with van der Waals surface area (Å²) in [4.78, 5) is 26.5. The predicted octanol–water partition coefficient (Wildman–Crippen LogP) is 1.93. The summed E-state index contributed by atoms with van der Waals surface area (Å²) in [5, 5.41) is 20.5. The highest BCUT2D eigenvalue weighted by molar-refractivity contribution is 6.10. The lowest BCUT2D eigenvalue weighted by atomic mass is 9.86. The van der Waals surface area contributed by atoms with Crippen LogP contribution in [0.4, 0.5) is 0 Å². The van der Waals surface area contributed by atoms with Crippen LogP contribution in [0, 0.1) is 0 Å². The Morgan fingerprint density at radius 2 is 2.00 bits per heavy atom. The maximum absolute atomic E-state index is 12.7. The molecular formula is C20H25NO4. The Morgan fingerprint density at radius 1 is 1.28 bits per heavy atom. The van der Waals surface area contributed by atoms with E-state index < -0.39 is 11.7 Å². The first kappa shape index (κ1) is 17.8. The number of β-amino-alcohol motifs (C(OH)–C–C–N with tert-alkyl or cyclic N) is 1. The van der Waals surface area contributed by atoms with Crippen LogP contribution in [0.25, 0.3) is 5.57 Å². The smallest absolute Gasteiger partial charge is 0.227 e. The highest BCUT2D eigenvalue weighted by Gasteiger charge is 2.40. The summed E-state index contributed by atoms with van der Waals surface area (Å²) in [6, 6.07) is 9.71. The molecule has 1 fully saturated rings. The van der Waals surface area contributed by atoms with Gasteiger partial charge in [0.1, 0.15) is 6.10 Å². The quantitative estimate of drug-likeness (QED) is 0.876. The fourth-order valence-electron chi connectivity index (χ4n) is 3.74. The van der Waals surface area contributed by atoms with E-state index in [9.17, 15) is 19.8 Å². The Balaban J connectivity index is 1.75. The average Bonchev–Trinajstić information content (AvgIpc) is 2.98. The number of rotatable bonds is 4. The van der Waals surface area contributed by atoms with E-state index in [-0.39, 0.29) is 24.7 Å². The van der Waals surface area contributed by atoms with E-state index in [0.717, 1.165) is 11.1 Å². The van der Waals surface area contributed by atoms with Crippen LogP contribution in [0.2, 0.25) is 0 Å². The molecule has 0 unspecified atom stereocenters. The second-order valence-corrected chi connectivity index (χ2v) is 6.99. The molecule has 1 aromatic rings. The monoisotopic (exact) mass is 343 g/mol. The van der Waals surface area contributed by atoms with Crippen LogP contribution in [0.5, 0.6) is 0 Å². The van der Waals surface area contributed by atoms with Crippen molar-refractivity contribution in [3.8, 4) is 0 Å². The fourth-order valence-corrected chi connectivity index (χ4v) is 3.74. The number of hydrogen-bond donors (Lipinski definition) is 2. The molecule has 5 nitrogen and oxygen atoms in total. The number of benzene rings is 1. The zero-order valence-electron chi connectivity index (χ0n) is 14.6. The first-order valence-electron chi connectivity index (χ1n) is 8.93. The Morgan fingerprint density at radius 3 is 2.64 bits per heavy atom. The SMILES string of the molecule is CC[C@@]1(O)CCN(C(=O)CC2=C(c3ccccc3)CCC2=O)C[C@H]1O. The maximum atomic E-state index is 12.7. The van der Waals surface area contributed by atoms with Crippen LogP contribution in [0.3, 0.4) is 0 Å². The van der Waals surface area contributed by atoms with Crippen molar-refractivity contribution in [1.29, 1.82) is 0 Å². The van der Waals surface area contributed by atoms with Crippen molar-refractivity contribution in [3.05, 3.63) is 41.5 Å². The Bertz CT molecular complexity index is 697. The zero-order chi connectivity index (χ0) is 18.0. The third-order valence-electron chi connectivity index (χ3n) is 5.55. The lowest BCUT2D eigenvalue weighted by molar-refractivity contribution is -0.149. The molecule has 1 heterocycles. The third-order valence-corrected chi connectivity index (χ3v) is 5.55. The van der Waals surface area contributed by atoms with E-state index in [0.29, 0.717) is 37.8 Å². The molecule has 0 saturated carbocycles. The molecule has 3 rings (SSSR count). The number of piperidine rings is 1. The van der Waals surface area contributed by atoms with Gasteiger partial charge < -0.3 is 15.1 Å². The van der Waals surface area contributed by atoms with Gasteiger partial charge >= 0.3 is 0 Å². The summed E-state index contributed by atoms with van der Waals surface area (Å²) in [5.41, 5.74) is 1.44. The van der Waals surface area contributed by atoms with Gasteiger partial charge in [0.25, 0.3) is 0 Å². The number of amides is 1. The molecule has 2 aliphatic rings. The minimum absolute atomic E-state index is 0.0369. The van der Waals surface area contributed by atoms with E-state index in [1.54, 1.807) is 4.90 Å². The number of allylic oxidation sites excluding steroid dienone is 1. The summed E-state index contributed by atoms with van der Waals surface area (Å²) in [5.74, 6) is -0.120. The molecule has 2 atom stereocenters. The van der Waals surface area contributed by atoms with Gasteiger partial charge in [-0.3, -0.25) is 9.59 Å². The van der Waals surface area contributed by atoms with Crippen LogP contribution in [-0.2, 0) is 9.59 Å². The van der Waals surface area contributed by atoms with Gasteiger partial charge in [-0.1, -0.05) is 37.3 Å². The van der Waals surface area contributed by atoms with Crippen molar-refractivity contribution >= 4 is 17.3 Å². The first-order chi connectivity index (χ1) is 11.9. The number of likely N-dealkylation sites (tertiary alicyclic amines) is 1. The number of carbonyl (C=O) groups excluding carboxylic acids is 2. The van der Waals surface area contributed by atoms with Gasteiger partial charge in [0.15, 0.2) is 5.78 Å². The molecule has 0 spiro atoms. The number of aliphatic hydroxyl groups is 2. The topological polar surface area (TPSA) is 77.8 Å². The Hall–Kier alpha value is -1.98. The van der Waals surface area contributed by atoms with Gasteiger partial charge in [-0.15, -0.1) is 0 Å². The minimum atomic E-state index is -1.12. The molecule has 2 N–H and O–H groups in total. The van der Waals surface area contributed by atoms with Gasteiger partial charge in [-0.05, 0) is 30.4 Å². The molecule has 1 saturated heterocycles. The van der Waals surface area contributed by atoms with Crippen LogP contribution < -0.4 is 0 Å². The van der Waals surface area contributed by atoms with Gasteiger partial charge in [-0.25, -0.2) is 0 Å². The van der Waals surface area contributed by atoms with Gasteiger partial charge in [0.2, 0.25) is 5.91 Å². The zero-order valence-corrected chi connectivity index (χ0v) is 14.6. The van der Waals surface area contributed by atoms with Crippen LogP contribution in [-0.4, -0.2) is 51.6 Å². The maximum Gasteiger partial charge on any atom is 0.227 e. The molecule has 0 radical (unpaired) electrons. The van der Waals surface area contributed by atoms with Crippen molar-refractivity contribution in [2.75, 3.05) is 13.1 Å². The molecule has 0 bridgehead atoms. The number of hydrogen-bond acceptors (Lipinski definition) is 4. The van der Waals surface area contributed by atoms with Gasteiger partial charge in [0, 0.05) is 25.1 Å². The molecule has 134 valence electrons. The molecule has 5 heteroatoms. The van der Waals surface area contributed by atoms with Crippen LogP contribution in [0.15, 0.2) is 35.9 Å². The molecule has 1 aliphatic carbocycles. The molecule has 1 aliphatic heterocycles. The lowest BCUT2D eigenvalue weighted by Crippen LogP contribution is -2.56. The van der Waals surface area contributed by atoms with E-state index in [1.807, 2.05) is 37.3 Å². The second-order valence-electron chi connectivity index (χ2n) is 6.99. The predicted molar refractivity (Wildman–Crippen MR) is 94.7 cm³/mol. The summed E-state index contributed by atoms with van der Waals surface area (Å²) in [7, 11) is 0. The van der Waals surface area contributed by atoms with E-state index in [2.05, 4.69) is 0 Å². The molecule has 1 amide bonds. The van der Waals surface area contributed by atoms with Crippen molar-refractivity contribution < 1.29 is 19.8 Å². The Kier molecular flexibility index (Phi) is 5.06. The van der Waals surface area contributed by atoms with Gasteiger partial charge in [-0.2, -0.15) is 0 Å². The average molecular weight is 343 g/mol. The number of Topliss-reactive ketones (excluding diaryl/α,β-unsaturated/α-hetero) is 1. The van der Waals surface area contributed by atoms with E-state index in [4.69, 9.17) is 0 Å². The third kappa shape index (κ3) is 3.53. The number of nitrogens with zero attached hydrogens (tertiary/aromatic N) is 1. The summed E-state index contributed by atoms with van der Waals surface area (Å²) >= 11 is 0. The fraction of sp³-hybridized carbons (Fsp3) is 0.500. The summed E-state index contributed by atoms with van der Waals surface area (Å²) in [6.45, 7) is 2.35. The van der Waals surface area contributed by atoms with Crippen molar-refractivity contribution in [2.45, 2.75) is 50.7 Å². The molecular weight excluding hydrogens is 318 g/mol. The highest BCUT2D eigenvalue weighted by Crippen LogP contribution is 2.34. The normalized spacial score (nSPS) is 27.1. The highest BCUT2D eigenvalue weighted by atomic mass is 16.3. The van der Waals surface area contributed by atoms with Crippen molar-refractivity contribution in [3.63, 3.8) is 0 Å². The Labute approximate surface area is 148 Å². The lowest BCUT2D eigenvalue weighted by Gasteiger charge is -2.41. The molecule has 25 heavy (non-hydrogen) atoms. The van der Waals surface area contributed by atoms with Crippen molar-refractivity contribution in [1.82, 2.24) is 4.90 Å². The summed E-state index contributed by atoms with van der Waals surface area (Å²) < 4.78 is 0. The second kappa shape index (κ2) is 7.10. The minimum Gasteiger partial charge on any atom is -0.388 e. The number of aliphatic hydroxyl groups excluding tert-OH is 1.